The van der Waals surface area contributed by atoms with Gasteiger partial charge in [-0.25, -0.2) is 9.78 Å². The number of fused-ring (bicyclic) bond motifs is 1. The van der Waals surface area contributed by atoms with Crippen molar-refractivity contribution in [1.82, 2.24) is 9.97 Å². The quantitative estimate of drug-likeness (QED) is 0.809. The van der Waals surface area contributed by atoms with E-state index >= 15 is 0 Å². The molecule has 0 aromatic carbocycles. The molecule has 1 aliphatic rings. The molecular formula is C17H20BN3O4. The molecule has 0 radical (unpaired) electrons. The highest BCUT2D eigenvalue weighted by Crippen LogP contribution is 2.38. The van der Waals surface area contributed by atoms with E-state index in [1.807, 2.05) is 18.2 Å². The van der Waals surface area contributed by atoms with Crippen LogP contribution in [0.25, 0.3) is 11.1 Å². The summed E-state index contributed by atoms with van der Waals surface area (Å²) >= 11 is 0. The molecule has 8 heteroatoms. The summed E-state index contributed by atoms with van der Waals surface area (Å²) in [5.41, 5.74) is 1.79. The Morgan fingerprint density at radius 1 is 1.32 bits per heavy atom. The Morgan fingerprint density at radius 2 is 2.08 bits per heavy atom. The van der Waals surface area contributed by atoms with Crippen molar-refractivity contribution >= 4 is 19.0 Å². The summed E-state index contributed by atoms with van der Waals surface area (Å²) in [7, 11) is -1.71. The van der Waals surface area contributed by atoms with Crippen LogP contribution in [0.2, 0.25) is 0 Å². The SMILES string of the molecule is CC(C)(C)OC(=O)N1c2nccc(-c3cccnc3)c2CC1B(O)O. The van der Waals surface area contributed by atoms with Gasteiger partial charge in [0.15, 0.2) is 0 Å². The van der Waals surface area contributed by atoms with E-state index in [0.29, 0.717) is 5.82 Å². The number of hydrogen-bond donors (Lipinski definition) is 2. The van der Waals surface area contributed by atoms with E-state index in [4.69, 9.17) is 4.74 Å². The fraction of sp³-hybridized carbons (Fsp3) is 0.353. The Morgan fingerprint density at radius 3 is 2.68 bits per heavy atom. The molecule has 2 aromatic heterocycles. The van der Waals surface area contributed by atoms with Crippen molar-refractivity contribution in [3.05, 3.63) is 42.4 Å². The van der Waals surface area contributed by atoms with E-state index in [2.05, 4.69) is 9.97 Å². The highest BCUT2D eigenvalue weighted by molar-refractivity contribution is 6.45. The van der Waals surface area contributed by atoms with Gasteiger partial charge < -0.3 is 14.8 Å². The standard InChI is InChI=1S/C17H20BN3O4/c1-17(2,3)25-16(22)21-14(18(23)24)9-13-12(6-8-20-15(13)21)11-5-4-7-19-10-11/h4-8,10,14,23-24H,9H2,1-3H3. The van der Waals surface area contributed by atoms with E-state index < -0.39 is 24.8 Å². The molecule has 0 saturated carbocycles. The first-order valence-corrected chi connectivity index (χ1v) is 8.04. The minimum Gasteiger partial charge on any atom is -0.443 e. The van der Waals surface area contributed by atoms with Crippen molar-refractivity contribution in [3.63, 3.8) is 0 Å². The summed E-state index contributed by atoms with van der Waals surface area (Å²) in [4.78, 5) is 22.3. The molecular weight excluding hydrogens is 321 g/mol. The third-order valence-electron chi connectivity index (χ3n) is 3.91. The maximum Gasteiger partial charge on any atom is 0.476 e. The van der Waals surface area contributed by atoms with Crippen LogP contribution in [-0.2, 0) is 11.2 Å². The third-order valence-corrected chi connectivity index (χ3v) is 3.91. The van der Waals surface area contributed by atoms with Gasteiger partial charge in [-0.1, -0.05) is 6.07 Å². The number of hydrogen-bond acceptors (Lipinski definition) is 6. The molecule has 0 spiro atoms. The highest BCUT2D eigenvalue weighted by atomic mass is 16.6. The summed E-state index contributed by atoms with van der Waals surface area (Å²) < 4.78 is 5.42. The molecule has 1 aliphatic heterocycles. The maximum absolute atomic E-state index is 12.6. The topological polar surface area (TPSA) is 95.8 Å². The van der Waals surface area contributed by atoms with Crippen LogP contribution in [0.15, 0.2) is 36.8 Å². The predicted molar refractivity (Wildman–Crippen MR) is 93.9 cm³/mol. The molecule has 3 rings (SSSR count). The van der Waals surface area contributed by atoms with Crippen molar-refractivity contribution in [2.45, 2.75) is 38.7 Å². The zero-order valence-corrected chi connectivity index (χ0v) is 14.4. The van der Waals surface area contributed by atoms with Gasteiger partial charge in [-0.2, -0.15) is 0 Å². The lowest BCUT2D eigenvalue weighted by molar-refractivity contribution is 0.0573. The van der Waals surface area contributed by atoms with Gasteiger partial charge in [0.05, 0.1) is 5.94 Å². The first-order valence-electron chi connectivity index (χ1n) is 8.04. The minimum absolute atomic E-state index is 0.268. The van der Waals surface area contributed by atoms with E-state index in [1.54, 1.807) is 39.4 Å². The van der Waals surface area contributed by atoms with Crippen molar-refractivity contribution in [1.29, 1.82) is 0 Å². The van der Waals surface area contributed by atoms with Crippen LogP contribution < -0.4 is 4.90 Å². The first-order chi connectivity index (χ1) is 11.8. The van der Waals surface area contributed by atoms with Crippen LogP contribution in [0.5, 0.6) is 0 Å². The van der Waals surface area contributed by atoms with Gasteiger partial charge in [-0.05, 0) is 44.9 Å². The van der Waals surface area contributed by atoms with Crippen molar-refractivity contribution in [3.8, 4) is 11.1 Å². The summed E-state index contributed by atoms with van der Waals surface area (Å²) in [6.45, 7) is 5.27. The number of nitrogens with zero attached hydrogens (tertiary/aromatic N) is 3. The van der Waals surface area contributed by atoms with E-state index in [0.717, 1.165) is 16.7 Å². The number of anilines is 1. The molecule has 0 saturated heterocycles. The van der Waals surface area contributed by atoms with E-state index in [9.17, 15) is 14.8 Å². The maximum atomic E-state index is 12.6. The summed E-state index contributed by atoms with van der Waals surface area (Å²) in [6, 6.07) is 5.56. The molecule has 130 valence electrons. The number of ether oxygens (including phenoxy) is 1. The highest BCUT2D eigenvalue weighted by Gasteiger charge is 2.44. The van der Waals surface area contributed by atoms with Crippen LogP contribution >= 0.6 is 0 Å². The van der Waals surface area contributed by atoms with Crippen molar-refractivity contribution < 1.29 is 19.6 Å². The van der Waals surface area contributed by atoms with Gasteiger partial charge in [0.1, 0.15) is 11.4 Å². The molecule has 2 aromatic rings. The van der Waals surface area contributed by atoms with Gasteiger partial charge in [0.2, 0.25) is 0 Å². The largest absolute Gasteiger partial charge is 0.476 e. The Balaban J connectivity index is 2.06. The number of aromatic nitrogens is 2. The van der Waals surface area contributed by atoms with Crippen LogP contribution in [0.3, 0.4) is 0 Å². The Kier molecular flexibility index (Phi) is 4.49. The molecule has 0 bridgehead atoms. The second-order valence-corrected chi connectivity index (χ2v) is 6.94. The summed E-state index contributed by atoms with van der Waals surface area (Å²) in [6.07, 6.45) is 4.60. The summed E-state index contributed by atoms with van der Waals surface area (Å²) in [5, 5.41) is 19.5. The molecule has 7 nitrogen and oxygen atoms in total. The smallest absolute Gasteiger partial charge is 0.443 e. The Labute approximate surface area is 146 Å². The number of carbonyl (C=O) groups excluding carboxylic acids is 1. The Hall–Kier alpha value is -2.45. The van der Waals surface area contributed by atoms with Gasteiger partial charge in [0.25, 0.3) is 0 Å². The second-order valence-electron chi connectivity index (χ2n) is 6.94. The Bertz CT molecular complexity index is 777. The molecule has 0 aliphatic carbocycles. The van der Waals surface area contributed by atoms with Crippen molar-refractivity contribution in [2.24, 2.45) is 0 Å². The lowest BCUT2D eigenvalue weighted by Gasteiger charge is -2.28. The summed E-state index contributed by atoms with van der Waals surface area (Å²) in [5.74, 6) is -0.469. The molecule has 1 atom stereocenters. The number of amides is 1. The van der Waals surface area contributed by atoms with Gasteiger partial charge in [0, 0.05) is 29.7 Å². The second kappa shape index (κ2) is 6.46. The lowest BCUT2D eigenvalue weighted by atomic mass is 9.77. The first kappa shape index (κ1) is 17.4. The van der Waals surface area contributed by atoms with E-state index in [-0.39, 0.29) is 6.42 Å². The molecule has 2 N–H and O–H groups in total. The molecule has 1 unspecified atom stereocenters. The van der Waals surface area contributed by atoms with Gasteiger partial charge in [-0.15, -0.1) is 0 Å². The minimum atomic E-state index is -1.71. The number of pyridine rings is 2. The molecule has 0 fully saturated rings. The fourth-order valence-corrected chi connectivity index (χ4v) is 2.91. The predicted octanol–water partition coefficient (Wildman–Crippen LogP) is 1.82. The number of carbonyl (C=O) groups is 1. The normalized spacial score (nSPS) is 16.5. The molecule has 25 heavy (non-hydrogen) atoms. The molecule has 1 amide bonds. The fourth-order valence-electron chi connectivity index (χ4n) is 2.91. The lowest BCUT2D eigenvalue weighted by Crippen LogP contribution is -2.49. The van der Waals surface area contributed by atoms with Gasteiger partial charge in [-0.3, -0.25) is 9.88 Å². The average Bonchev–Trinajstić information content (AvgIpc) is 2.94. The van der Waals surface area contributed by atoms with Crippen molar-refractivity contribution in [2.75, 3.05) is 4.90 Å². The van der Waals surface area contributed by atoms with Gasteiger partial charge >= 0.3 is 13.2 Å². The number of rotatable bonds is 2. The average molecular weight is 341 g/mol. The zero-order chi connectivity index (χ0) is 18.2. The molecule has 3 heterocycles. The van der Waals surface area contributed by atoms with Crippen LogP contribution in [0.4, 0.5) is 10.6 Å². The van der Waals surface area contributed by atoms with E-state index in [1.165, 1.54) is 4.90 Å². The van der Waals surface area contributed by atoms with Crippen LogP contribution in [-0.4, -0.2) is 44.8 Å². The third kappa shape index (κ3) is 3.50. The van der Waals surface area contributed by atoms with Crippen LogP contribution in [0.1, 0.15) is 26.3 Å². The monoisotopic (exact) mass is 341 g/mol. The van der Waals surface area contributed by atoms with Crippen LogP contribution in [0, 0.1) is 0 Å². The zero-order valence-electron chi connectivity index (χ0n) is 14.4.